The molecule has 0 saturated heterocycles. The van der Waals surface area contributed by atoms with Crippen molar-refractivity contribution in [2.24, 2.45) is 0 Å². The Morgan fingerprint density at radius 3 is 2.30 bits per heavy atom. The van der Waals surface area contributed by atoms with Gasteiger partial charge in [-0.3, -0.25) is 4.79 Å². The van der Waals surface area contributed by atoms with Gasteiger partial charge in [-0.05, 0) is 29.8 Å². The first-order valence-electron chi connectivity index (χ1n) is 6.76. The average Bonchev–Trinajstić information content (AvgIpc) is 2.54. The maximum Gasteiger partial charge on any atom is 0.454 e. The number of carbonyl (C=O) groups excluding carboxylic acids is 1. The maximum atomic E-state index is 12.0. The topological polar surface area (TPSA) is 38.3 Å². The highest BCUT2D eigenvalue weighted by Gasteiger charge is 2.35. The van der Waals surface area contributed by atoms with Crippen molar-refractivity contribution in [3.63, 3.8) is 0 Å². The van der Waals surface area contributed by atoms with Gasteiger partial charge >= 0.3 is 6.18 Å². The van der Waals surface area contributed by atoms with E-state index in [4.69, 9.17) is 4.74 Å². The van der Waals surface area contributed by atoms with Crippen LogP contribution in [-0.2, 0) is 11.4 Å². The summed E-state index contributed by atoms with van der Waals surface area (Å²) in [6.07, 6.45) is -3.46. The molecule has 2 aromatic rings. The average molecular weight is 321 g/mol. The summed E-state index contributed by atoms with van der Waals surface area (Å²) in [6, 6.07) is 16.3. The van der Waals surface area contributed by atoms with Crippen molar-refractivity contribution in [1.29, 1.82) is 0 Å². The molecule has 0 heterocycles. The summed E-state index contributed by atoms with van der Waals surface area (Å²) in [5.74, 6) is -1.28. The van der Waals surface area contributed by atoms with Gasteiger partial charge in [0.25, 0.3) is 5.78 Å². The molecule has 0 radical (unpaired) electrons. The Hall–Kier alpha value is -2.76. The minimum Gasteiger partial charge on any atom is -0.489 e. The van der Waals surface area contributed by atoms with E-state index >= 15 is 0 Å². The number of benzene rings is 2. The Labute approximate surface area is 131 Å². The zero-order valence-corrected chi connectivity index (χ0v) is 12.0. The quantitative estimate of drug-likeness (QED) is 0.805. The van der Waals surface area contributed by atoms with Gasteiger partial charge < -0.3 is 10.1 Å². The molecule has 6 heteroatoms. The van der Waals surface area contributed by atoms with E-state index in [2.05, 4.69) is 5.32 Å². The number of ether oxygens (including phenoxy) is 1. The van der Waals surface area contributed by atoms with Crippen LogP contribution in [0.1, 0.15) is 5.56 Å². The molecule has 0 atom stereocenters. The van der Waals surface area contributed by atoms with Crippen molar-refractivity contribution in [2.75, 3.05) is 5.32 Å². The summed E-state index contributed by atoms with van der Waals surface area (Å²) in [7, 11) is 0. The molecule has 1 N–H and O–H groups in total. The van der Waals surface area contributed by atoms with Gasteiger partial charge in [0.2, 0.25) is 0 Å². The van der Waals surface area contributed by atoms with Crippen LogP contribution in [0.5, 0.6) is 5.75 Å². The van der Waals surface area contributed by atoms with Crippen LogP contribution in [-0.4, -0.2) is 12.0 Å². The van der Waals surface area contributed by atoms with Crippen molar-refractivity contribution in [1.82, 2.24) is 0 Å². The number of hydrogen-bond donors (Lipinski definition) is 1. The zero-order valence-electron chi connectivity index (χ0n) is 12.0. The first kappa shape index (κ1) is 16.6. The molecule has 23 heavy (non-hydrogen) atoms. The van der Waals surface area contributed by atoms with Gasteiger partial charge in [0.15, 0.2) is 0 Å². The third kappa shape index (κ3) is 5.50. The molecule has 0 unspecified atom stereocenters. The molecule has 120 valence electrons. The van der Waals surface area contributed by atoms with Gasteiger partial charge in [-0.15, -0.1) is 0 Å². The third-order valence-corrected chi connectivity index (χ3v) is 2.87. The second kappa shape index (κ2) is 7.49. The van der Waals surface area contributed by atoms with Crippen LogP contribution in [0.3, 0.4) is 0 Å². The van der Waals surface area contributed by atoms with E-state index in [1.165, 1.54) is 0 Å². The molecular formula is C17H14F3NO2. The molecule has 2 aromatic carbocycles. The largest absolute Gasteiger partial charge is 0.489 e. The first-order chi connectivity index (χ1) is 10.9. The molecule has 0 bridgehead atoms. The number of hydrogen-bond acceptors (Lipinski definition) is 3. The van der Waals surface area contributed by atoms with Gasteiger partial charge in [0.1, 0.15) is 12.4 Å². The molecule has 0 aliphatic carbocycles. The summed E-state index contributed by atoms with van der Waals surface area (Å²) >= 11 is 0. The maximum absolute atomic E-state index is 12.0. The summed E-state index contributed by atoms with van der Waals surface area (Å²) in [5.41, 5.74) is 1.58. The fraction of sp³-hybridized carbons (Fsp3) is 0.118. The van der Waals surface area contributed by atoms with Crippen LogP contribution in [0.2, 0.25) is 0 Å². The highest BCUT2D eigenvalue weighted by Crippen LogP contribution is 2.18. The van der Waals surface area contributed by atoms with Crippen LogP contribution < -0.4 is 10.1 Å². The minimum atomic E-state index is -4.85. The van der Waals surface area contributed by atoms with Gasteiger partial charge in [-0.2, -0.15) is 13.2 Å². The minimum absolute atomic E-state index is 0.424. The third-order valence-electron chi connectivity index (χ3n) is 2.87. The van der Waals surface area contributed by atoms with Crippen molar-refractivity contribution >= 4 is 11.5 Å². The van der Waals surface area contributed by atoms with Crippen LogP contribution in [0.25, 0.3) is 0 Å². The first-order valence-corrected chi connectivity index (χ1v) is 6.76. The van der Waals surface area contributed by atoms with Crippen molar-refractivity contribution in [2.45, 2.75) is 12.8 Å². The van der Waals surface area contributed by atoms with Crippen molar-refractivity contribution in [3.05, 3.63) is 72.4 Å². The standard InChI is InChI=1S/C17H14F3NO2/c18-17(19,20)16(22)10-11-21-14-6-8-15(9-7-14)23-12-13-4-2-1-3-5-13/h1-11,21H,12H2. The Bertz CT molecular complexity index is 664. The molecule has 0 saturated carbocycles. The van der Waals surface area contributed by atoms with E-state index in [1.807, 2.05) is 30.3 Å². The highest BCUT2D eigenvalue weighted by atomic mass is 19.4. The molecule has 0 aliphatic rings. The van der Waals surface area contributed by atoms with Crippen LogP contribution in [0, 0.1) is 0 Å². The number of rotatable bonds is 6. The smallest absolute Gasteiger partial charge is 0.454 e. The summed E-state index contributed by atoms with van der Waals surface area (Å²) < 4.78 is 41.6. The summed E-state index contributed by atoms with van der Waals surface area (Å²) in [6.45, 7) is 0.424. The fourth-order valence-electron chi connectivity index (χ4n) is 1.70. The number of anilines is 1. The van der Waals surface area contributed by atoms with Crippen LogP contribution in [0.4, 0.5) is 18.9 Å². The molecule has 0 spiro atoms. The van der Waals surface area contributed by atoms with Gasteiger partial charge in [-0.25, -0.2) is 0 Å². The molecule has 0 amide bonds. The molecule has 0 aromatic heterocycles. The zero-order chi connectivity index (χ0) is 16.7. The van der Waals surface area contributed by atoms with E-state index in [-0.39, 0.29) is 0 Å². The number of nitrogens with one attached hydrogen (secondary N) is 1. The van der Waals surface area contributed by atoms with E-state index < -0.39 is 12.0 Å². The number of allylic oxidation sites excluding steroid dienone is 1. The number of carbonyl (C=O) groups is 1. The van der Waals surface area contributed by atoms with Gasteiger partial charge in [0.05, 0.1) is 0 Å². The lowest BCUT2D eigenvalue weighted by molar-refractivity contribution is -0.165. The SMILES string of the molecule is O=C(C=CNc1ccc(OCc2ccccc2)cc1)C(F)(F)F. The highest BCUT2D eigenvalue weighted by molar-refractivity contribution is 5.94. The molecular weight excluding hydrogens is 307 g/mol. The summed E-state index contributed by atoms with van der Waals surface area (Å²) in [5, 5.41) is 2.59. The molecule has 0 fully saturated rings. The van der Waals surface area contributed by atoms with E-state index in [1.54, 1.807) is 24.3 Å². The van der Waals surface area contributed by atoms with Crippen molar-refractivity contribution < 1.29 is 22.7 Å². The Balaban J connectivity index is 1.85. The Morgan fingerprint density at radius 1 is 1.04 bits per heavy atom. The Morgan fingerprint density at radius 2 is 1.70 bits per heavy atom. The number of alkyl halides is 3. The number of halogens is 3. The second-order valence-corrected chi connectivity index (χ2v) is 4.64. The van der Waals surface area contributed by atoms with E-state index in [0.717, 1.165) is 11.8 Å². The lowest BCUT2D eigenvalue weighted by Gasteiger charge is -2.07. The Kier molecular flexibility index (Phi) is 5.41. The molecule has 0 aliphatic heterocycles. The van der Waals surface area contributed by atoms with Gasteiger partial charge in [-0.1, -0.05) is 30.3 Å². The van der Waals surface area contributed by atoms with Gasteiger partial charge in [0, 0.05) is 18.0 Å². The monoisotopic (exact) mass is 321 g/mol. The van der Waals surface area contributed by atoms with Crippen LogP contribution in [0.15, 0.2) is 66.9 Å². The predicted molar refractivity (Wildman–Crippen MR) is 81.0 cm³/mol. The molecule has 2 rings (SSSR count). The molecule has 3 nitrogen and oxygen atoms in total. The van der Waals surface area contributed by atoms with Crippen molar-refractivity contribution in [3.8, 4) is 5.75 Å². The predicted octanol–water partition coefficient (Wildman–Crippen LogP) is 4.32. The van der Waals surface area contributed by atoms with E-state index in [9.17, 15) is 18.0 Å². The number of ketones is 1. The van der Waals surface area contributed by atoms with Crippen LogP contribution >= 0.6 is 0 Å². The summed E-state index contributed by atoms with van der Waals surface area (Å²) in [4.78, 5) is 10.7. The fourth-order valence-corrected chi connectivity index (χ4v) is 1.70. The lowest BCUT2D eigenvalue weighted by atomic mass is 10.2. The second-order valence-electron chi connectivity index (χ2n) is 4.64. The normalized spacial score (nSPS) is 11.4. The van der Waals surface area contributed by atoms with E-state index in [0.29, 0.717) is 24.1 Å². The lowest BCUT2D eigenvalue weighted by Crippen LogP contribution is -2.20.